The van der Waals surface area contributed by atoms with Crippen molar-refractivity contribution in [1.29, 1.82) is 0 Å². The van der Waals surface area contributed by atoms with E-state index in [0.29, 0.717) is 19.3 Å². The Labute approximate surface area is 244 Å². The Hall–Kier alpha value is -2.18. The number of fused-ring (bicyclic) bond motifs is 7. The molecular formula is C34H50O7. The monoisotopic (exact) mass is 570 g/mol. The molecule has 0 amide bonds. The molecule has 4 fully saturated rings. The van der Waals surface area contributed by atoms with Gasteiger partial charge in [0.2, 0.25) is 0 Å². The average molecular weight is 571 g/mol. The first-order chi connectivity index (χ1) is 18.8. The summed E-state index contributed by atoms with van der Waals surface area (Å²) in [6.45, 7) is 15.5. The Balaban J connectivity index is 1.49. The summed E-state index contributed by atoms with van der Waals surface area (Å²) >= 11 is 0. The lowest BCUT2D eigenvalue weighted by molar-refractivity contribution is -0.211. The number of rotatable bonds is 5. The molecule has 5 aliphatic rings. The highest BCUT2D eigenvalue weighted by Crippen LogP contribution is 2.75. The van der Waals surface area contributed by atoms with Gasteiger partial charge in [0, 0.05) is 11.3 Å². The number of hydrogen-bond donors (Lipinski definition) is 2. The molecule has 0 radical (unpaired) electrons. The van der Waals surface area contributed by atoms with E-state index < -0.39 is 23.3 Å². The zero-order valence-electron chi connectivity index (χ0n) is 26.1. The first-order valence-corrected chi connectivity index (χ1v) is 15.7. The third-order valence-corrected chi connectivity index (χ3v) is 13.8. The number of carbonyl (C=O) groups is 4. The summed E-state index contributed by atoms with van der Waals surface area (Å²) < 4.78 is 5.91. The summed E-state index contributed by atoms with van der Waals surface area (Å²) in [5.41, 5.74) is -0.553. The van der Waals surface area contributed by atoms with Crippen molar-refractivity contribution in [3.05, 3.63) is 11.6 Å². The Morgan fingerprint density at radius 2 is 1.54 bits per heavy atom. The van der Waals surface area contributed by atoms with Crippen molar-refractivity contribution in [2.45, 2.75) is 125 Å². The molecule has 0 aromatic rings. The van der Waals surface area contributed by atoms with Crippen LogP contribution in [0.5, 0.6) is 0 Å². The largest absolute Gasteiger partial charge is 0.481 e. The van der Waals surface area contributed by atoms with E-state index in [0.717, 1.165) is 38.5 Å². The minimum Gasteiger partial charge on any atom is -0.481 e. The molecule has 7 nitrogen and oxygen atoms in total. The predicted molar refractivity (Wildman–Crippen MR) is 154 cm³/mol. The van der Waals surface area contributed by atoms with Crippen LogP contribution in [-0.4, -0.2) is 40.0 Å². The van der Waals surface area contributed by atoms with E-state index in [9.17, 15) is 24.3 Å². The van der Waals surface area contributed by atoms with Crippen LogP contribution in [0.25, 0.3) is 0 Å². The van der Waals surface area contributed by atoms with Gasteiger partial charge in [0.15, 0.2) is 5.78 Å². The second-order valence-electron chi connectivity index (χ2n) is 16.3. The average Bonchev–Trinajstić information content (AvgIpc) is 2.86. The fraction of sp³-hybridized carbons (Fsp3) is 0.824. The standard InChI is InChI=1S/C34H50O7/c1-29(2)23-10-13-34(7)27(32(23,5)12-11-24(29)41-26(38)9-8-25(36)37)22(35)18-20-21-19-31(4,28(39)40)15-14-30(21,3)16-17-33(20,34)6/h18,21,23-24,27H,8-17,19H2,1-7H3,(H,36,37)(H,39,40)/t21-,23+,24-,27-,30+,31-,32-,33+,34+/m0/s1. The van der Waals surface area contributed by atoms with E-state index in [2.05, 4.69) is 41.5 Å². The minimum atomic E-state index is -1.01. The molecule has 7 heteroatoms. The number of ether oxygens (including phenoxy) is 1. The van der Waals surface area contributed by atoms with Crippen molar-refractivity contribution in [3.8, 4) is 0 Å². The quantitative estimate of drug-likeness (QED) is 0.348. The molecule has 228 valence electrons. The summed E-state index contributed by atoms with van der Waals surface area (Å²) in [5, 5.41) is 19.1. The highest BCUT2D eigenvalue weighted by atomic mass is 16.5. The van der Waals surface area contributed by atoms with Gasteiger partial charge in [-0.15, -0.1) is 0 Å². The van der Waals surface area contributed by atoms with Gasteiger partial charge in [-0.3, -0.25) is 19.2 Å². The number of hydrogen-bond acceptors (Lipinski definition) is 5. The maximum atomic E-state index is 14.5. The van der Waals surface area contributed by atoms with Crippen molar-refractivity contribution in [2.24, 2.45) is 50.2 Å². The van der Waals surface area contributed by atoms with E-state index in [1.165, 1.54) is 5.57 Å². The maximum Gasteiger partial charge on any atom is 0.309 e. The van der Waals surface area contributed by atoms with Crippen molar-refractivity contribution < 1.29 is 34.1 Å². The summed E-state index contributed by atoms with van der Waals surface area (Å²) in [6, 6.07) is 0. The molecule has 41 heavy (non-hydrogen) atoms. The number of ketones is 1. The van der Waals surface area contributed by atoms with Crippen molar-refractivity contribution in [3.63, 3.8) is 0 Å². The Morgan fingerprint density at radius 1 is 0.878 bits per heavy atom. The zero-order valence-corrected chi connectivity index (χ0v) is 26.1. The van der Waals surface area contributed by atoms with Crippen LogP contribution in [-0.2, 0) is 23.9 Å². The molecular weight excluding hydrogens is 520 g/mol. The van der Waals surface area contributed by atoms with Crippen molar-refractivity contribution in [1.82, 2.24) is 0 Å². The van der Waals surface area contributed by atoms with E-state index >= 15 is 0 Å². The van der Waals surface area contributed by atoms with E-state index in [4.69, 9.17) is 9.84 Å². The number of aliphatic carboxylic acids is 2. The van der Waals surface area contributed by atoms with Crippen LogP contribution < -0.4 is 0 Å². The van der Waals surface area contributed by atoms with Gasteiger partial charge in [-0.25, -0.2) is 0 Å². The molecule has 0 unspecified atom stereocenters. The fourth-order valence-electron chi connectivity index (χ4n) is 11.0. The van der Waals surface area contributed by atoms with Gasteiger partial charge in [-0.05, 0) is 104 Å². The molecule has 0 aliphatic heterocycles. The van der Waals surface area contributed by atoms with Gasteiger partial charge >= 0.3 is 17.9 Å². The molecule has 0 bridgehead atoms. The normalized spacial score (nSPS) is 46.6. The van der Waals surface area contributed by atoms with Gasteiger partial charge in [0.1, 0.15) is 6.10 Å². The van der Waals surface area contributed by atoms with Gasteiger partial charge in [-0.2, -0.15) is 0 Å². The SMILES string of the molecule is CC1(C)[C@@H](OC(=O)CCC(=O)O)CC[C@@]2(C)[C@@H]1CC[C@]1(C)[C@H]2C(=O)C=C2[C@@H]3C[C@@](C)(C(=O)O)CC[C@]3(C)CC[C@]21C. The summed E-state index contributed by atoms with van der Waals surface area (Å²) in [6.07, 6.45) is 8.80. The number of carboxylic acids is 2. The van der Waals surface area contributed by atoms with Crippen molar-refractivity contribution in [2.75, 3.05) is 0 Å². The molecule has 0 saturated heterocycles. The first kappa shape index (κ1) is 30.3. The fourth-order valence-corrected chi connectivity index (χ4v) is 11.0. The number of carboxylic acid groups (broad SMARTS) is 2. The summed E-state index contributed by atoms with van der Waals surface area (Å²) in [7, 11) is 0. The van der Waals surface area contributed by atoms with E-state index in [-0.39, 0.29) is 69.6 Å². The number of esters is 1. The van der Waals surface area contributed by atoms with E-state index in [1.807, 2.05) is 13.0 Å². The van der Waals surface area contributed by atoms with E-state index in [1.54, 1.807) is 0 Å². The lowest BCUT2D eigenvalue weighted by Gasteiger charge is -2.70. The molecule has 2 N–H and O–H groups in total. The molecule has 0 aromatic carbocycles. The van der Waals surface area contributed by atoms with Gasteiger partial charge in [-0.1, -0.05) is 47.1 Å². The first-order valence-electron chi connectivity index (χ1n) is 15.7. The molecule has 9 atom stereocenters. The van der Waals surface area contributed by atoms with Crippen molar-refractivity contribution >= 4 is 23.7 Å². The van der Waals surface area contributed by atoms with Crippen LogP contribution in [0.1, 0.15) is 119 Å². The molecule has 0 spiro atoms. The predicted octanol–water partition coefficient (Wildman–Crippen LogP) is 6.83. The van der Waals surface area contributed by atoms with Crippen LogP contribution in [0.2, 0.25) is 0 Å². The van der Waals surface area contributed by atoms with Gasteiger partial charge in [0.05, 0.1) is 18.3 Å². The third kappa shape index (κ3) is 4.25. The summed E-state index contributed by atoms with van der Waals surface area (Å²) in [4.78, 5) is 50.3. The zero-order chi connectivity index (χ0) is 30.4. The Bertz CT molecular complexity index is 1200. The van der Waals surface area contributed by atoms with Crippen LogP contribution in [0, 0.1) is 50.2 Å². The third-order valence-electron chi connectivity index (χ3n) is 13.8. The molecule has 5 aliphatic carbocycles. The molecule has 4 saturated carbocycles. The topological polar surface area (TPSA) is 118 Å². The Kier molecular flexibility index (Phi) is 6.95. The molecule has 5 rings (SSSR count). The lowest BCUT2D eigenvalue weighted by Crippen LogP contribution is -2.66. The highest BCUT2D eigenvalue weighted by molar-refractivity contribution is 5.95. The van der Waals surface area contributed by atoms with Gasteiger partial charge in [0.25, 0.3) is 0 Å². The van der Waals surface area contributed by atoms with Crippen LogP contribution in [0.15, 0.2) is 11.6 Å². The second-order valence-corrected chi connectivity index (χ2v) is 16.3. The van der Waals surface area contributed by atoms with Crippen LogP contribution in [0.4, 0.5) is 0 Å². The second kappa shape index (κ2) is 9.41. The Morgan fingerprint density at radius 3 is 2.17 bits per heavy atom. The highest BCUT2D eigenvalue weighted by Gasteiger charge is 2.70. The van der Waals surface area contributed by atoms with Crippen LogP contribution >= 0.6 is 0 Å². The lowest BCUT2D eigenvalue weighted by atomic mass is 9.33. The molecule has 0 aromatic heterocycles. The van der Waals surface area contributed by atoms with Gasteiger partial charge < -0.3 is 14.9 Å². The number of allylic oxidation sites excluding steroid dienone is 2. The molecule has 0 heterocycles. The summed E-state index contributed by atoms with van der Waals surface area (Å²) in [5.74, 6) is -1.87. The van der Waals surface area contributed by atoms with Crippen LogP contribution in [0.3, 0.4) is 0 Å². The minimum absolute atomic E-state index is 0.0233. The smallest absolute Gasteiger partial charge is 0.309 e. The maximum absolute atomic E-state index is 14.5. The number of carbonyl (C=O) groups excluding carboxylic acids is 2.